The number of anilines is 1. The highest BCUT2D eigenvalue weighted by molar-refractivity contribution is 5.45. The van der Waals surface area contributed by atoms with Crippen LogP contribution in [0.5, 0.6) is 5.75 Å². The summed E-state index contributed by atoms with van der Waals surface area (Å²) in [5.74, 6) is 0.878. The first-order valence-electron chi connectivity index (χ1n) is 6.01. The van der Waals surface area contributed by atoms with Gasteiger partial charge in [-0.05, 0) is 43.2 Å². The van der Waals surface area contributed by atoms with Crippen molar-refractivity contribution in [1.29, 1.82) is 0 Å². The minimum absolute atomic E-state index is 0.236. The molecule has 0 amide bonds. The smallest absolute Gasteiger partial charge is 0.118 e. The molecule has 3 heteroatoms. The van der Waals surface area contributed by atoms with E-state index < -0.39 is 0 Å². The maximum Gasteiger partial charge on any atom is 0.118 e. The Balaban J connectivity index is 2.09. The van der Waals surface area contributed by atoms with Crippen molar-refractivity contribution in [2.45, 2.75) is 19.9 Å². The van der Waals surface area contributed by atoms with Crippen LogP contribution in [0.25, 0.3) is 0 Å². The Labute approximate surface area is 108 Å². The summed E-state index contributed by atoms with van der Waals surface area (Å²) in [6.45, 7) is 4.17. The van der Waals surface area contributed by atoms with E-state index in [9.17, 15) is 0 Å². The first-order valence-corrected chi connectivity index (χ1v) is 6.01. The highest BCUT2D eigenvalue weighted by Crippen LogP contribution is 2.21. The second kappa shape index (κ2) is 5.54. The molecular formula is C15H18N2O. The Hall–Kier alpha value is -2.03. The number of benzene rings is 1. The summed E-state index contributed by atoms with van der Waals surface area (Å²) in [5.41, 5.74) is 3.41. The van der Waals surface area contributed by atoms with Crippen molar-refractivity contribution in [3.05, 3.63) is 53.9 Å². The van der Waals surface area contributed by atoms with Crippen molar-refractivity contribution in [2.24, 2.45) is 0 Å². The lowest BCUT2D eigenvalue weighted by Gasteiger charge is -2.16. The first kappa shape index (κ1) is 12.4. The van der Waals surface area contributed by atoms with Crippen molar-refractivity contribution < 1.29 is 4.74 Å². The van der Waals surface area contributed by atoms with Gasteiger partial charge in [0.05, 0.1) is 12.8 Å². The molecule has 0 aliphatic heterocycles. The molecule has 0 fully saturated rings. The number of hydrogen-bond donors (Lipinski definition) is 1. The zero-order valence-electron chi connectivity index (χ0n) is 11.0. The van der Waals surface area contributed by atoms with E-state index >= 15 is 0 Å². The van der Waals surface area contributed by atoms with Crippen molar-refractivity contribution in [1.82, 2.24) is 4.98 Å². The molecule has 3 nitrogen and oxygen atoms in total. The summed E-state index contributed by atoms with van der Waals surface area (Å²) in [6, 6.07) is 10.4. The van der Waals surface area contributed by atoms with Gasteiger partial charge in [-0.15, -0.1) is 0 Å². The van der Waals surface area contributed by atoms with Gasteiger partial charge in [0, 0.05) is 18.4 Å². The second-order valence-electron chi connectivity index (χ2n) is 4.39. The Morgan fingerprint density at radius 3 is 2.50 bits per heavy atom. The lowest BCUT2D eigenvalue weighted by atomic mass is 10.1. The fourth-order valence-corrected chi connectivity index (χ4v) is 1.86. The SMILES string of the molecule is COc1ccc(C(C)Nc2cncc(C)c2)cc1. The molecule has 1 aromatic carbocycles. The van der Waals surface area contributed by atoms with Crippen LogP contribution in [0.3, 0.4) is 0 Å². The van der Waals surface area contributed by atoms with E-state index in [4.69, 9.17) is 4.74 Å². The van der Waals surface area contributed by atoms with Gasteiger partial charge in [-0.3, -0.25) is 4.98 Å². The predicted octanol–water partition coefficient (Wildman–Crippen LogP) is 3.57. The topological polar surface area (TPSA) is 34.1 Å². The molecular weight excluding hydrogens is 224 g/mol. The van der Waals surface area contributed by atoms with Gasteiger partial charge in [0.2, 0.25) is 0 Å². The minimum Gasteiger partial charge on any atom is -0.497 e. The lowest BCUT2D eigenvalue weighted by Crippen LogP contribution is -2.06. The Kier molecular flexibility index (Phi) is 3.82. The zero-order chi connectivity index (χ0) is 13.0. The molecule has 0 spiro atoms. The largest absolute Gasteiger partial charge is 0.497 e. The molecule has 0 saturated carbocycles. The quantitative estimate of drug-likeness (QED) is 0.890. The van der Waals surface area contributed by atoms with E-state index in [1.807, 2.05) is 31.5 Å². The number of aromatic nitrogens is 1. The molecule has 0 aliphatic rings. The third kappa shape index (κ3) is 3.00. The number of nitrogens with one attached hydrogen (secondary N) is 1. The normalized spacial score (nSPS) is 11.9. The Bertz CT molecular complexity index is 508. The summed E-state index contributed by atoms with van der Waals surface area (Å²) in [4.78, 5) is 4.18. The van der Waals surface area contributed by atoms with Gasteiger partial charge >= 0.3 is 0 Å². The third-order valence-electron chi connectivity index (χ3n) is 2.87. The maximum absolute atomic E-state index is 5.15. The highest BCUT2D eigenvalue weighted by atomic mass is 16.5. The van der Waals surface area contributed by atoms with Gasteiger partial charge in [0.25, 0.3) is 0 Å². The van der Waals surface area contributed by atoms with Crippen LogP contribution in [0.15, 0.2) is 42.7 Å². The number of rotatable bonds is 4. The average Bonchev–Trinajstić information content (AvgIpc) is 2.39. The van der Waals surface area contributed by atoms with Crippen LogP contribution in [-0.4, -0.2) is 12.1 Å². The average molecular weight is 242 g/mol. The standard InChI is InChI=1S/C15H18N2O/c1-11-8-14(10-16-9-11)17-12(2)13-4-6-15(18-3)7-5-13/h4-10,12,17H,1-3H3. The number of aryl methyl sites for hydroxylation is 1. The lowest BCUT2D eigenvalue weighted by molar-refractivity contribution is 0.414. The molecule has 1 N–H and O–H groups in total. The van der Waals surface area contributed by atoms with E-state index in [1.54, 1.807) is 7.11 Å². The van der Waals surface area contributed by atoms with Crippen molar-refractivity contribution in [3.63, 3.8) is 0 Å². The molecule has 0 aliphatic carbocycles. The van der Waals surface area contributed by atoms with E-state index in [2.05, 4.69) is 35.4 Å². The number of ether oxygens (including phenoxy) is 1. The molecule has 0 radical (unpaired) electrons. The zero-order valence-corrected chi connectivity index (χ0v) is 11.0. The second-order valence-corrected chi connectivity index (χ2v) is 4.39. The minimum atomic E-state index is 0.236. The monoisotopic (exact) mass is 242 g/mol. The van der Waals surface area contributed by atoms with Crippen molar-refractivity contribution in [2.75, 3.05) is 12.4 Å². The molecule has 1 unspecified atom stereocenters. The highest BCUT2D eigenvalue weighted by Gasteiger charge is 2.05. The molecule has 0 bridgehead atoms. The van der Waals surface area contributed by atoms with Gasteiger partial charge in [-0.2, -0.15) is 0 Å². The molecule has 1 aromatic heterocycles. The van der Waals surface area contributed by atoms with Crippen LogP contribution < -0.4 is 10.1 Å². The van der Waals surface area contributed by atoms with E-state index in [0.717, 1.165) is 17.0 Å². The summed E-state index contributed by atoms with van der Waals surface area (Å²) in [7, 11) is 1.68. The van der Waals surface area contributed by atoms with Gasteiger partial charge in [-0.1, -0.05) is 12.1 Å². The van der Waals surface area contributed by atoms with Crippen LogP contribution in [0.2, 0.25) is 0 Å². The molecule has 18 heavy (non-hydrogen) atoms. The van der Waals surface area contributed by atoms with Crippen LogP contribution in [0.4, 0.5) is 5.69 Å². The molecule has 1 atom stereocenters. The van der Waals surface area contributed by atoms with Crippen LogP contribution in [-0.2, 0) is 0 Å². The first-order chi connectivity index (χ1) is 8.69. The summed E-state index contributed by atoms with van der Waals surface area (Å²) in [6.07, 6.45) is 3.69. The summed E-state index contributed by atoms with van der Waals surface area (Å²) < 4.78 is 5.15. The molecule has 94 valence electrons. The Morgan fingerprint density at radius 2 is 1.89 bits per heavy atom. The van der Waals surface area contributed by atoms with Crippen LogP contribution >= 0.6 is 0 Å². The van der Waals surface area contributed by atoms with E-state index in [-0.39, 0.29) is 6.04 Å². The molecule has 1 heterocycles. The fourth-order valence-electron chi connectivity index (χ4n) is 1.86. The van der Waals surface area contributed by atoms with Crippen LogP contribution in [0, 0.1) is 6.92 Å². The molecule has 2 rings (SSSR count). The van der Waals surface area contributed by atoms with Crippen LogP contribution in [0.1, 0.15) is 24.1 Å². The fraction of sp³-hybridized carbons (Fsp3) is 0.267. The van der Waals surface area contributed by atoms with Crippen molar-refractivity contribution in [3.8, 4) is 5.75 Å². The van der Waals surface area contributed by atoms with Gasteiger partial charge in [0.1, 0.15) is 5.75 Å². The number of hydrogen-bond acceptors (Lipinski definition) is 3. The maximum atomic E-state index is 5.15. The third-order valence-corrected chi connectivity index (χ3v) is 2.87. The Morgan fingerprint density at radius 1 is 1.17 bits per heavy atom. The number of nitrogens with zero attached hydrogens (tertiary/aromatic N) is 1. The number of methoxy groups -OCH3 is 1. The van der Waals surface area contributed by atoms with Gasteiger partial charge in [-0.25, -0.2) is 0 Å². The van der Waals surface area contributed by atoms with E-state index in [0.29, 0.717) is 0 Å². The summed E-state index contributed by atoms with van der Waals surface area (Å²) >= 11 is 0. The predicted molar refractivity (Wildman–Crippen MR) is 74.0 cm³/mol. The van der Waals surface area contributed by atoms with Crippen molar-refractivity contribution >= 4 is 5.69 Å². The van der Waals surface area contributed by atoms with E-state index in [1.165, 1.54) is 5.56 Å². The molecule has 2 aromatic rings. The summed E-state index contributed by atoms with van der Waals surface area (Å²) in [5, 5.41) is 3.43. The van der Waals surface area contributed by atoms with Gasteiger partial charge in [0.15, 0.2) is 0 Å². The van der Waals surface area contributed by atoms with Gasteiger partial charge < -0.3 is 10.1 Å². The number of pyridine rings is 1. The molecule has 0 saturated heterocycles.